The molecule has 0 saturated heterocycles. The predicted molar refractivity (Wildman–Crippen MR) is 64.6 cm³/mol. The maximum absolute atomic E-state index is 6.01. The van der Waals surface area contributed by atoms with Gasteiger partial charge in [-0.25, -0.2) is 0 Å². The van der Waals surface area contributed by atoms with Crippen molar-refractivity contribution in [2.24, 2.45) is 17.6 Å². The molecule has 0 aromatic carbocycles. The number of halogens is 1. The van der Waals surface area contributed by atoms with Crippen LogP contribution in [0.3, 0.4) is 0 Å². The molecule has 2 nitrogen and oxygen atoms in total. The minimum Gasteiger partial charge on any atom is -0.457 e. The molecule has 1 fully saturated rings. The average Bonchev–Trinajstić information content (AvgIpc) is 2.58. The third-order valence-corrected chi connectivity index (χ3v) is 3.94. The first-order chi connectivity index (χ1) is 7.15. The first-order valence-electron chi connectivity index (χ1n) is 5.63. The van der Waals surface area contributed by atoms with Crippen LogP contribution in [0.5, 0.6) is 0 Å². The van der Waals surface area contributed by atoms with E-state index in [2.05, 4.69) is 28.9 Å². The second kappa shape index (κ2) is 4.71. The van der Waals surface area contributed by atoms with Crippen LogP contribution in [0.1, 0.15) is 31.7 Å². The van der Waals surface area contributed by atoms with E-state index in [0.29, 0.717) is 6.04 Å². The summed E-state index contributed by atoms with van der Waals surface area (Å²) in [5.74, 6) is 1.51. The summed E-state index contributed by atoms with van der Waals surface area (Å²) in [6.07, 6.45) is 6.56. The molecule has 0 aliphatic heterocycles. The van der Waals surface area contributed by atoms with E-state index >= 15 is 0 Å². The fourth-order valence-corrected chi connectivity index (χ4v) is 2.88. The Labute approximate surface area is 99.3 Å². The monoisotopic (exact) mass is 271 g/mol. The molecule has 2 N–H and O–H groups in total. The van der Waals surface area contributed by atoms with Gasteiger partial charge in [-0.05, 0) is 65.1 Å². The molecule has 0 amide bonds. The first kappa shape index (κ1) is 11.2. The molecule has 0 spiro atoms. The van der Waals surface area contributed by atoms with Crippen LogP contribution < -0.4 is 5.73 Å². The standard InChI is InChI=1S/C12H18BrNO/c1-8-2-3-11(14)6-10(8)4-9-5-12(13)15-7-9/h5,7-8,10-11H,2-4,6,14H2,1H3. The topological polar surface area (TPSA) is 39.2 Å². The predicted octanol–water partition coefficient (Wildman–Crippen LogP) is 3.35. The summed E-state index contributed by atoms with van der Waals surface area (Å²) in [6, 6.07) is 2.47. The highest BCUT2D eigenvalue weighted by Gasteiger charge is 2.26. The Morgan fingerprint density at radius 1 is 1.53 bits per heavy atom. The summed E-state index contributed by atoms with van der Waals surface area (Å²) in [4.78, 5) is 0. The lowest BCUT2D eigenvalue weighted by Gasteiger charge is -2.32. The highest BCUT2D eigenvalue weighted by molar-refractivity contribution is 9.10. The molecule has 1 aromatic rings. The van der Waals surface area contributed by atoms with Gasteiger partial charge in [0.05, 0.1) is 6.26 Å². The summed E-state index contributed by atoms with van der Waals surface area (Å²) >= 11 is 3.33. The van der Waals surface area contributed by atoms with Gasteiger partial charge < -0.3 is 10.2 Å². The van der Waals surface area contributed by atoms with Gasteiger partial charge in [0.2, 0.25) is 0 Å². The molecular weight excluding hydrogens is 254 g/mol. The van der Waals surface area contributed by atoms with Crippen molar-refractivity contribution < 1.29 is 4.42 Å². The van der Waals surface area contributed by atoms with Crippen molar-refractivity contribution in [1.29, 1.82) is 0 Å². The van der Waals surface area contributed by atoms with Gasteiger partial charge in [-0.15, -0.1) is 0 Å². The van der Waals surface area contributed by atoms with Crippen LogP contribution in [0.25, 0.3) is 0 Å². The van der Waals surface area contributed by atoms with E-state index in [1.165, 1.54) is 18.4 Å². The SMILES string of the molecule is CC1CCC(N)CC1Cc1coc(Br)c1. The second-order valence-corrected chi connectivity index (χ2v) is 5.56. The van der Waals surface area contributed by atoms with Gasteiger partial charge in [-0.3, -0.25) is 0 Å². The summed E-state index contributed by atoms with van der Waals surface area (Å²) in [5, 5.41) is 0. The minimum atomic E-state index is 0.404. The highest BCUT2D eigenvalue weighted by Crippen LogP contribution is 2.32. The maximum Gasteiger partial charge on any atom is 0.169 e. The number of nitrogens with two attached hydrogens (primary N) is 1. The Kier molecular flexibility index (Phi) is 3.52. The Balaban J connectivity index is 1.98. The van der Waals surface area contributed by atoms with Gasteiger partial charge in [0.15, 0.2) is 4.67 Å². The maximum atomic E-state index is 6.01. The van der Waals surface area contributed by atoms with Crippen LogP contribution >= 0.6 is 15.9 Å². The van der Waals surface area contributed by atoms with Gasteiger partial charge >= 0.3 is 0 Å². The van der Waals surface area contributed by atoms with Crippen LogP contribution in [0.2, 0.25) is 0 Å². The van der Waals surface area contributed by atoms with E-state index in [1.807, 2.05) is 6.26 Å². The molecule has 84 valence electrons. The Morgan fingerprint density at radius 2 is 2.33 bits per heavy atom. The van der Waals surface area contributed by atoms with E-state index in [4.69, 9.17) is 10.2 Å². The molecule has 1 heterocycles. The lowest BCUT2D eigenvalue weighted by molar-refractivity contribution is 0.231. The summed E-state index contributed by atoms with van der Waals surface area (Å²) in [5.41, 5.74) is 7.30. The van der Waals surface area contributed by atoms with Crippen LogP contribution in [-0.2, 0) is 6.42 Å². The molecule has 3 atom stereocenters. The highest BCUT2D eigenvalue weighted by atomic mass is 79.9. The minimum absolute atomic E-state index is 0.404. The van der Waals surface area contributed by atoms with E-state index in [1.54, 1.807) is 0 Å². The van der Waals surface area contributed by atoms with Crippen LogP contribution in [-0.4, -0.2) is 6.04 Å². The van der Waals surface area contributed by atoms with Crippen molar-refractivity contribution in [3.8, 4) is 0 Å². The first-order valence-corrected chi connectivity index (χ1v) is 6.43. The van der Waals surface area contributed by atoms with Crippen LogP contribution in [0.4, 0.5) is 0 Å². The lowest BCUT2D eigenvalue weighted by Crippen LogP contribution is -2.33. The molecule has 2 rings (SSSR count). The quantitative estimate of drug-likeness (QED) is 0.896. The zero-order valence-electron chi connectivity index (χ0n) is 9.08. The molecule has 1 saturated carbocycles. The number of hydrogen-bond donors (Lipinski definition) is 1. The molecule has 0 bridgehead atoms. The Hall–Kier alpha value is -0.280. The molecular formula is C12H18BrNO. The fourth-order valence-electron chi connectivity index (χ4n) is 2.49. The molecule has 1 aliphatic carbocycles. The van der Waals surface area contributed by atoms with Crippen molar-refractivity contribution >= 4 is 15.9 Å². The van der Waals surface area contributed by atoms with Crippen molar-refractivity contribution in [3.63, 3.8) is 0 Å². The van der Waals surface area contributed by atoms with Crippen LogP contribution in [0.15, 0.2) is 21.4 Å². The zero-order chi connectivity index (χ0) is 10.8. The number of rotatable bonds is 2. The van der Waals surface area contributed by atoms with E-state index in [-0.39, 0.29) is 0 Å². The second-order valence-electron chi connectivity index (χ2n) is 4.77. The summed E-state index contributed by atoms with van der Waals surface area (Å²) in [7, 11) is 0. The van der Waals surface area contributed by atoms with E-state index in [9.17, 15) is 0 Å². The molecule has 3 unspecified atom stereocenters. The largest absolute Gasteiger partial charge is 0.457 e. The smallest absolute Gasteiger partial charge is 0.169 e. The number of hydrogen-bond acceptors (Lipinski definition) is 2. The van der Waals surface area contributed by atoms with Gasteiger partial charge in [0.25, 0.3) is 0 Å². The molecule has 15 heavy (non-hydrogen) atoms. The summed E-state index contributed by atoms with van der Waals surface area (Å²) < 4.78 is 6.08. The zero-order valence-corrected chi connectivity index (χ0v) is 10.7. The van der Waals surface area contributed by atoms with Gasteiger partial charge in [0, 0.05) is 6.04 Å². The third kappa shape index (κ3) is 2.85. The van der Waals surface area contributed by atoms with E-state index < -0.39 is 0 Å². The number of furan rings is 1. The van der Waals surface area contributed by atoms with Crippen molar-refractivity contribution in [2.75, 3.05) is 0 Å². The van der Waals surface area contributed by atoms with Crippen molar-refractivity contribution in [3.05, 3.63) is 22.6 Å². The molecule has 1 aliphatic rings. The van der Waals surface area contributed by atoms with Gasteiger partial charge in [0.1, 0.15) is 0 Å². The molecule has 3 heteroatoms. The normalized spacial score (nSPS) is 31.8. The van der Waals surface area contributed by atoms with E-state index in [0.717, 1.165) is 29.3 Å². The molecule has 1 aromatic heterocycles. The fraction of sp³-hybridized carbons (Fsp3) is 0.667. The third-order valence-electron chi connectivity index (χ3n) is 3.52. The summed E-state index contributed by atoms with van der Waals surface area (Å²) in [6.45, 7) is 2.34. The van der Waals surface area contributed by atoms with Gasteiger partial charge in [-0.1, -0.05) is 6.92 Å². The van der Waals surface area contributed by atoms with Gasteiger partial charge in [-0.2, -0.15) is 0 Å². The van der Waals surface area contributed by atoms with Crippen molar-refractivity contribution in [1.82, 2.24) is 0 Å². The Morgan fingerprint density at radius 3 is 3.00 bits per heavy atom. The van der Waals surface area contributed by atoms with Crippen molar-refractivity contribution in [2.45, 2.75) is 38.6 Å². The lowest BCUT2D eigenvalue weighted by atomic mass is 9.75. The average molecular weight is 272 g/mol. The Bertz CT molecular complexity index is 323. The van der Waals surface area contributed by atoms with Crippen LogP contribution in [0, 0.1) is 11.8 Å². The molecule has 0 radical (unpaired) electrons.